The molecule has 0 bridgehead atoms. The Balaban J connectivity index is 2.51. The normalized spacial score (nSPS) is 12.4. The summed E-state index contributed by atoms with van der Waals surface area (Å²) in [6, 6.07) is -1.91. The number of isocyanates is 2. The van der Waals surface area contributed by atoms with Crippen molar-refractivity contribution >= 4 is 53.1 Å². The zero-order valence-electron chi connectivity index (χ0n) is 26.5. The van der Waals surface area contributed by atoms with E-state index in [1.54, 1.807) is 13.8 Å². The molecule has 45 heavy (non-hydrogen) atoms. The first kappa shape index (κ1) is 32.2. The van der Waals surface area contributed by atoms with E-state index in [4.69, 9.17) is 4.98 Å². The van der Waals surface area contributed by atoms with E-state index in [1.807, 2.05) is 0 Å². The molecule has 4 aromatic rings. The molecular formula is C27H32N12O6. The van der Waals surface area contributed by atoms with Gasteiger partial charge in [0.25, 0.3) is 23.6 Å². The van der Waals surface area contributed by atoms with E-state index in [-0.39, 0.29) is 51.5 Å². The number of amides is 4. The van der Waals surface area contributed by atoms with Crippen molar-refractivity contribution in [3.8, 4) is 0 Å². The fraction of sp³-hybridized carbons (Fsp3) is 0.444. The van der Waals surface area contributed by atoms with Crippen LogP contribution in [0, 0.1) is 0 Å². The molecule has 2 unspecified atom stereocenters. The lowest BCUT2D eigenvalue weighted by Gasteiger charge is -2.15. The van der Waals surface area contributed by atoms with Gasteiger partial charge in [-0.05, 0) is 13.8 Å². The Hall–Kier alpha value is -5.73. The van der Waals surface area contributed by atoms with Crippen molar-refractivity contribution in [2.45, 2.75) is 25.9 Å². The van der Waals surface area contributed by atoms with Crippen LogP contribution >= 0.6 is 0 Å². The molecule has 18 heteroatoms. The number of nitrogens with zero attached hydrogens (tertiary/aromatic N) is 12. The van der Waals surface area contributed by atoms with E-state index in [0.29, 0.717) is 0 Å². The van der Waals surface area contributed by atoms with Crippen LogP contribution in [0.2, 0.25) is 0 Å². The van der Waals surface area contributed by atoms with Crippen molar-refractivity contribution in [1.29, 1.82) is 0 Å². The molecule has 18 nitrogen and oxygen atoms in total. The van der Waals surface area contributed by atoms with Gasteiger partial charge in [0.15, 0.2) is 11.4 Å². The molecule has 0 aromatic carbocycles. The summed E-state index contributed by atoms with van der Waals surface area (Å²) in [7, 11) is 11.9. The minimum atomic E-state index is -0.977. The lowest BCUT2D eigenvalue weighted by Crippen LogP contribution is -2.29. The molecule has 0 radical (unpaired) electrons. The van der Waals surface area contributed by atoms with Gasteiger partial charge in [-0.15, -0.1) is 0 Å². The standard InChI is InChI=1S/C27H32N12O6/c1-13(28-11-40)15-18(14(2)29-12-41)37-25(30-15)38-19(23(44)35(7)8)17(22(43)34(5)6)32-27(38)39-20(24(45)36(9)10)16(31-26(37)39)21(42)33(3)4/h13-14H,1-10H3. The minimum Gasteiger partial charge on any atom is -0.343 e. The van der Waals surface area contributed by atoms with Crippen molar-refractivity contribution in [1.82, 2.24) is 47.8 Å². The first-order valence-corrected chi connectivity index (χ1v) is 13.5. The molecular weight excluding hydrogens is 588 g/mol. The molecule has 4 amide bonds. The number of aliphatic imine (C=N–C) groups is 2. The Morgan fingerprint density at radius 2 is 0.933 bits per heavy atom. The maximum absolute atomic E-state index is 13.8. The van der Waals surface area contributed by atoms with Gasteiger partial charge in [-0.25, -0.2) is 37.7 Å². The number of carbonyl (C=O) groups is 4. The third kappa shape index (κ3) is 5.01. The number of hydrogen-bond acceptors (Lipinski definition) is 11. The van der Waals surface area contributed by atoms with Crippen LogP contribution in [0.3, 0.4) is 0 Å². The van der Waals surface area contributed by atoms with Gasteiger partial charge < -0.3 is 19.6 Å². The summed E-state index contributed by atoms with van der Waals surface area (Å²) >= 11 is 0. The maximum atomic E-state index is 13.8. The van der Waals surface area contributed by atoms with Crippen molar-refractivity contribution in [3.63, 3.8) is 0 Å². The van der Waals surface area contributed by atoms with Crippen molar-refractivity contribution in [3.05, 3.63) is 34.2 Å². The number of carbonyl (C=O) groups excluding carboxylic acids is 6. The summed E-state index contributed by atoms with van der Waals surface area (Å²) in [4.78, 5) is 104. The minimum absolute atomic E-state index is 0.0448. The summed E-state index contributed by atoms with van der Waals surface area (Å²) in [5.74, 6) is -2.79. The molecule has 0 fully saturated rings. The van der Waals surface area contributed by atoms with Crippen LogP contribution in [0.5, 0.6) is 0 Å². The second-order valence-electron chi connectivity index (χ2n) is 11.0. The third-order valence-corrected chi connectivity index (χ3v) is 6.96. The monoisotopic (exact) mass is 620 g/mol. The molecule has 4 heterocycles. The quantitative estimate of drug-likeness (QED) is 0.196. The van der Waals surface area contributed by atoms with Gasteiger partial charge in [-0.3, -0.25) is 19.2 Å². The van der Waals surface area contributed by atoms with Crippen LogP contribution in [0.4, 0.5) is 0 Å². The number of aromatic nitrogens is 6. The van der Waals surface area contributed by atoms with E-state index in [2.05, 4.69) is 20.0 Å². The molecule has 4 rings (SSSR count). The fourth-order valence-corrected chi connectivity index (χ4v) is 4.81. The second kappa shape index (κ2) is 11.7. The summed E-state index contributed by atoms with van der Waals surface area (Å²) in [6.07, 6.45) is 3.00. The highest BCUT2D eigenvalue weighted by Crippen LogP contribution is 2.33. The SMILES string of the molecule is CC(N=C=O)c1nc2n3c(C(=O)N(C)C)c(C(=O)N(C)C)nc3n3c(C(=O)N(C)C)c(C(=O)N(C)C)nc3n2c1C(C)N=C=O. The Kier molecular flexibility index (Phi) is 8.40. The fourth-order valence-electron chi connectivity index (χ4n) is 4.81. The summed E-state index contributed by atoms with van der Waals surface area (Å²) < 4.78 is 3.91. The first-order chi connectivity index (χ1) is 21.1. The van der Waals surface area contributed by atoms with E-state index in [1.165, 1.54) is 101 Å². The average Bonchev–Trinajstić information content (AvgIpc) is 3.67. The van der Waals surface area contributed by atoms with Crippen molar-refractivity contribution in [2.24, 2.45) is 9.98 Å². The molecule has 4 aromatic heterocycles. The highest BCUT2D eigenvalue weighted by Gasteiger charge is 2.37. The van der Waals surface area contributed by atoms with Gasteiger partial charge in [0, 0.05) is 56.4 Å². The van der Waals surface area contributed by atoms with Gasteiger partial charge in [-0.1, -0.05) is 0 Å². The summed E-state index contributed by atoms with van der Waals surface area (Å²) in [5.41, 5.74) is -0.634. The Labute approximate surface area is 256 Å². The van der Waals surface area contributed by atoms with E-state index in [9.17, 15) is 28.8 Å². The van der Waals surface area contributed by atoms with Crippen LogP contribution in [-0.2, 0) is 9.59 Å². The highest BCUT2D eigenvalue weighted by molar-refractivity contribution is 6.08. The first-order valence-electron chi connectivity index (χ1n) is 13.5. The predicted octanol–water partition coefficient (Wildman–Crippen LogP) is 0.231. The van der Waals surface area contributed by atoms with Gasteiger partial charge in [-0.2, -0.15) is 9.98 Å². The van der Waals surface area contributed by atoms with Crippen molar-refractivity contribution in [2.75, 3.05) is 56.4 Å². The van der Waals surface area contributed by atoms with Crippen molar-refractivity contribution < 1.29 is 28.8 Å². The smallest absolute Gasteiger partial charge is 0.274 e. The largest absolute Gasteiger partial charge is 0.343 e. The average molecular weight is 621 g/mol. The number of imidazole rings is 3. The second-order valence-corrected chi connectivity index (χ2v) is 11.0. The van der Waals surface area contributed by atoms with Crippen LogP contribution in [0.25, 0.3) is 17.3 Å². The van der Waals surface area contributed by atoms with E-state index >= 15 is 0 Å². The number of fused-ring (bicyclic) bond motifs is 6. The molecule has 0 aliphatic rings. The van der Waals surface area contributed by atoms with Crippen LogP contribution in [-0.4, -0.2) is 140 Å². The molecule has 236 valence electrons. The van der Waals surface area contributed by atoms with Gasteiger partial charge in [0.05, 0.1) is 11.4 Å². The molecule has 0 aliphatic heterocycles. The Bertz CT molecular complexity index is 2000. The van der Waals surface area contributed by atoms with Gasteiger partial charge >= 0.3 is 0 Å². The zero-order chi connectivity index (χ0) is 33.7. The maximum Gasteiger partial charge on any atom is 0.274 e. The molecule has 0 N–H and O–H groups in total. The molecule has 0 saturated carbocycles. The van der Waals surface area contributed by atoms with Crippen LogP contribution < -0.4 is 0 Å². The van der Waals surface area contributed by atoms with E-state index < -0.39 is 35.7 Å². The van der Waals surface area contributed by atoms with Crippen LogP contribution in [0.15, 0.2) is 9.98 Å². The summed E-state index contributed by atoms with van der Waals surface area (Å²) in [6.45, 7) is 3.10. The predicted molar refractivity (Wildman–Crippen MR) is 158 cm³/mol. The number of hydrogen-bond donors (Lipinski definition) is 0. The van der Waals surface area contributed by atoms with Crippen LogP contribution in [0.1, 0.15) is 79.3 Å². The third-order valence-electron chi connectivity index (χ3n) is 6.96. The molecule has 0 spiro atoms. The lowest BCUT2D eigenvalue weighted by molar-refractivity contribution is 0.0783. The van der Waals surface area contributed by atoms with Gasteiger partial charge in [0.2, 0.25) is 29.5 Å². The highest BCUT2D eigenvalue weighted by atomic mass is 16.2. The van der Waals surface area contributed by atoms with Gasteiger partial charge in [0.1, 0.15) is 23.5 Å². The summed E-state index contributed by atoms with van der Waals surface area (Å²) in [5, 5.41) is 0. The topological polar surface area (TPSA) is 192 Å². The number of rotatable bonds is 8. The molecule has 0 aliphatic carbocycles. The molecule has 2 atom stereocenters. The Morgan fingerprint density at radius 1 is 0.578 bits per heavy atom. The lowest BCUT2D eigenvalue weighted by atomic mass is 10.1. The zero-order valence-corrected chi connectivity index (χ0v) is 26.5. The Morgan fingerprint density at radius 3 is 1.31 bits per heavy atom. The molecule has 0 saturated heterocycles. The van der Waals surface area contributed by atoms with E-state index in [0.717, 1.165) is 0 Å².